The van der Waals surface area contributed by atoms with E-state index < -0.39 is 17.7 Å². The van der Waals surface area contributed by atoms with Crippen LogP contribution >= 0.6 is 0 Å². The molecule has 0 unspecified atom stereocenters. The quantitative estimate of drug-likeness (QED) is 0.288. The molecule has 180 valence electrons. The average Bonchev–Trinajstić information content (AvgIpc) is 2.85. The van der Waals surface area contributed by atoms with E-state index in [0.29, 0.717) is 22.4 Å². The summed E-state index contributed by atoms with van der Waals surface area (Å²) in [5.74, 6) is 0.633. The van der Waals surface area contributed by atoms with Crippen molar-refractivity contribution in [1.82, 2.24) is 4.98 Å². The summed E-state index contributed by atoms with van der Waals surface area (Å²) in [5, 5.41) is 0.430. The van der Waals surface area contributed by atoms with Crippen molar-refractivity contribution in [3.63, 3.8) is 0 Å². The molecule has 0 saturated heterocycles. The van der Waals surface area contributed by atoms with Crippen LogP contribution in [-0.2, 0) is 22.3 Å². The van der Waals surface area contributed by atoms with Crippen molar-refractivity contribution in [2.24, 2.45) is 0 Å². The molecule has 0 spiro atoms. The number of hydrogen-bond acceptors (Lipinski definition) is 5. The molecule has 0 bridgehead atoms. The third-order valence-corrected chi connectivity index (χ3v) is 5.43. The number of pyridine rings is 1. The third-order valence-electron chi connectivity index (χ3n) is 5.43. The molecule has 0 atom stereocenters. The van der Waals surface area contributed by atoms with Crippen LogP contribution in [0.15, 0.2) is 72.9 Å². The minimum Gasteiger partial charge on any atom is -0.489 e. The van der Waals surface area contributed by atoms with Crippen molar-refractivity contribution in [2.45, 2.75) is 19.7 Å². The molecular formula is C27H22F3NO4. The van der Waals surface area contributed by atoms with Crippen molar-refractivity contribution < 1.29 is 32.2 Å². The number of esters is 1. The van der Waals surface area contributed by atoms with Gasteiger partial charge in [-0.3, -0.25) is 4.98 Å². The molecule has 4 rings (SSSR count). The maximum absolute atomic E-state index is 13.5. The SMILES string of the molecule is COC(=O)COc1ccc(COc2cccc(-c3c(C)cnc4c(C(F)(F)F)cccc34)c2)cc1. The molecule has 3 aromatic carbocycles. The standard InChI is InChI=1S/C27H22F3NO4/c1-17-14-31-26-22(7-4-8-23(26)27(28,29)30)25(17)19-5-3-6-21(13-19)34-15-18-9-11-20(12-10-18)35-16-24(32)33-2/h3-14H,15-16H2,1-2H3. The Labute approximate surface area is 200 Å². The predicted molar refractivity (Wildman–Crippen MR) is 125 cm³/mol. The monoisotopic (exact) mass is 481 g/mol. The van der Waals surface area contributed by atoms with Crippen LogP contribution in [0.25, 0.3) is 22.0 Å². The van der Waals surface area contributed by atoms with Crippen molar-refractivity contribution in [2.75, 3.05) is 13.7 Å². The van der Waals surface area contributed by atoms with Crippen molar-refractivity contribution in [3.8, 4) is 22.6 Å². The second kappa shape index (κ2) is 10.0. The summed E-state index contributed by atoms with van der Waals surface area (Å²) in [5.41, 5.74) is 2.21. The van der Waals surface area contributed by atoms with Gasteiger partial charge >= 0.3 is 12.1 Å². The molecule has 0 amide bonds. The maximum atomic E-state index is 13.5. The number of benzene rings is 3. The molecule has 1 heterocycles. The fourth-order valence-corrected chi connectivity index (χ4v) is 3.73. The van der Waals surface area contributed by atoms with Crippen LogP contribution in [0.5, 0.6) is 11.5 Å². The van der Waals surface area contributed by atoms with Gasteiger partial charge in [-0.2, -0.15) is 13.2 Å². The Kier molecular flexibility index (Phi) is 6.91. The number of carbonyl (C=O) groups excluding carboxylic acids is 1. The van der Waals surface area contributed by atoms with Gasteiger partial charge in [0.05, 0.1) is 18.2 Å². The first-order valence-corrected chi connectivity index (χ1v) is 10.7. The third kappa shape index (κ3) is 5.54. The molecule has 35 heavy (non-hydrogen) atoms. The van der Waals surface area contributed by atoms with Gasteiger partial charge < -0.3 is 14.2 Å². The zero-order valence-corrected chi connectivity index (χ0v) is 19.1. The molecular weight excluding hydrogens is 459 g/mol. The summed E-state index contributed by atoms with van der Waals surface area (Å²) in [6, 6.07) is 18.4. The van der Waals surface area contributed by atoms with Gasteiger partial charge in [0.25, 0.3) is 0 Å². The highest BCUT2D eigenvalue weighted by Gasteiger charge is 2.33. The van der Waals surface area contributed by atoms with Gasteiger partial charge in [-0.1, -0.05) is 36.4 Å². The van der Waals surface area contributed by atoms with Gasteiger partial charge in [0, 0.05) is 11.6 Å². The molecule has 4 aromatic rings. The van der Waals surface area contributed by atoms with Crippen molar-refractivity contribution >= 4 is 16.9 Å². The van der Waals surface area contributed by atoms with Gasteiger partial charge in [0.15, 0.2) is 6.61 Å². The fraction of sp³-hybridized carbons (Fsp3) is 0.185. The molecule has 0 radical (unpaired) electrons. The second-order valence-electron chi connectivity index (χ2n) is 7.84. The largest absolute Gasteiger partial charge is 0.489 e. The average molecular weight is 481 g/mol. The van der Waals surface area contributed by atoms with Crippen LogP contribution in [-0.4, -0.2) is 24.7 Å². The van der Waals surface area contributed by atoms with Gasteiger partial charge in [0.2, 0.25) is 0 Å². The minimum atomic E-state index is -4.50. The number of methoxy groups -OCH3 is 1. The fourth-order valence-electron chi connectivity index (χ4n) is 3.73. The number of hydrogen-bond donors (Lipinski definition) is 0. The second-order valence-corrected chi connectivity index (χ2v) is 7.84. The number of aromatic nitrogens is 1. The lowest BCUT2D eigenvalue weighted by Crippen LogP contribution is -2.12. The smallest absolute Gasteiger partial charge is 0.418 e. The highest BCUT2D eigenvalue weighted by atomic mass is 19.4. The zero-order valence-electron chi connectivity index (χ0n) is 19.1. The highest BCUT2D eigenvalue weighted by Crippen LogP contribution is 2.38. The molecule has 0 aliphatic carbocycles. The molecule has 8 heteroatoms. The van der Waals surface area contributed by atoms with Crippen LogP contribution in [0.1, 0.15) is 16.7 Å². The first kappa shape index (κ1) is 24.1. The van der Waals surface area contributed by atoms with Gasteiger partial charge in [-0.15, -0.1) is 0 Å². The molecule has 0 aliphatic rings. The van der Waals surface area contributed by atoms with Crippen LogP contribution in [0, 0.1) is 6.92 Å². The van der Waals surface area contributed by atoms with E-state index >= 15 is 0 Å². The number of carbonyl (C=O) groups is 1. The summed E-state index contributed by atoms with van der Waals surface area (Å²) in [4.78, 5) is 15.3. The highest BCUT2D eigenvalue weighted by molar-refractivity contribution is 5.97. The summed E-state index contributed by atoms with van der Waals surface area (Å²) in [6.45, 7) is 1.92. The van der Waals surface area contributed by atoms with Crippen LogP contribution in [0.3, 0.4) is 0 Å². The van der Waals surface area contributed by atoms with E-state index in [4.69, 9.17) is 9.47 Å². The Morgan fingerprint density at radius 1 is 0.943 bits per heavy atom. The Balaban J connectivity index is 1.55. The van der Waals surface area contributed by atoms with Crippen molar-refractivity contribution in [1.29, 1.82) is 0 Å². The Morgan fingerprint density at radius 2 is 1.69 bits per heavy atom. The Morgan fingerprint density at radius 3 is 2.40 bits per heavy atom. The van der Waals surface area contributed by atoms with Crippen LogP contribution < -0.4 is 9.47 Å². The van der Waals surface area contributed by atoms with Gasteiger partial charge in [0.1, 0.15) is 18.1 Å². The topological polar surface area (TPSA) is 57.7 Å². The van der Waals surface area contributed by atoms with Crippen LogP contribution in [0.2, 0.25) is 0 Å². The van der Waals surface area contributed by atoms with E-state index in [1.807, 2.05) is 25.1 Å². The lowest BCUT2D eigenvalue weighted by molar-refractivity contribution is -0.143. The number of fused-ring (bicyclic) bond motifs is 1. The minimum absolute atomic E-state index is 0.0820. The molecule has 0 aliphatic heterocycles. The number of nitrogens with zero attached hydrogens (tertiary/aromatic N) is 1. The Hall–Kier alpha value is -4.07. The van der Waals surface area contributed by atoms with E-state index in [1.165, 1.54) is 19.4 Å². The maximum Gasteiger partial charge on any atom is 0.418 e. The molecule has 0 N–H and O–H groups in total. The molecule has 1 aromatic heterocycles. The summed E-state index contributed by atoms with van der Waals surface area (Å²) >= 11 is 0. The number of para-hydroxylation sites is 1. The predicted octanol–water partition coefficient (Wildman–Crippen LogP) is 6.36. The lowest BCUT2D eigenvalue weighted by atomic mass is 9.95. The first-order chi connectivity index (χ1) is 16.8. The van der Waals surface area contributed by atoms with E-state index in [0.717, 1.165) is 22.8 Å². The summed E-state index contributed by atoms with van der Waals surface area (Å²) in [6.07, 6.45) is -3.03. The number of rotatable bonds is 7. The molecule has 0 fully saturated rings. The number of ether oxygens (including phenoxy) is 3. The number of aryl methyl sites for hydroxylation is 1. The normalized spacial score (nSPS) is 11.3. The van der Waals surface area contributed by atoms with E-state index in [1.54, 1.807) is 36.4 Å². The first-order valence-electron chi connectivity index (χ1n) is 10.7. The van der Waals surface area contributed by atoms with Crippen molar-refractivity contribution in [3.05, 3.63) is 89.6 Å². The van der Waals surface area contributed by atoms with Gasteiger partial charge in [-0.05, 0) is 59.5 Å². The number of halogens is 3. The van der Waals surface area contributed by atoms with E-state index in [2.05, 4.69) is 9.72 Å². The molecule has 5 nitrogen and oxygen atoms in total. The summed E-state index contributed by atoms with van der Waals surface area (Å²) in [7, 11) is 1.29. The lowest BCUT2D eigenvalue weighted by Gasteiger charge is -2.15. The molecule has 0 saturated carbocycles. The van der Waals surface area contributed by atoms with E-state index in [9.17, 15) is 18.0 Å². The summed E-state index contributed by atoms with van der Waals surface area (Å²) < 4.78 is 56.3. The zero-order chi connectivity index (χ0) is 25.0. The number of alkyl halides is 3. The Bertz CT molecular complexity index is 1350. The van der Waals surface area contributed by atoms with E-state index in [-0.39, 0.29) is 18.7 Å². The van der Waals surface area contributed by atoms with Crippen LogP contribution in [0.4, 0.5) is 13.2 Å². The van der Waals surface area contributed by atoms with Gasteiger partial charge in [-0.25, -0.2) is 4.79 Å².